The van der Waals surface area contributed by atoms with Crippen LogP contribution < -0.4 is 10.2 Å². The quantitative estimate of drug-likeness (QED) is 0.656. The van der Waals surface area contributed by atoms with Gasteiger partial charge < -0.3 is 15.0 Å². The number of anilines is 1. The van der Waals surface area contributed by atoms with Crippen molar-refractivity contribution in [2.75, 3.05) is 18.0 Å². The molecule has 1 saturated heterocycles. The highest BCUT2D eigenvalue weighted by Crippen LogP contribution is 2.42. The van der Waals surface area contributed by atoms with Gasteiger partial charge in [0.2, 0.25) is 0 Å². The molecule has 1 fully saturated rings. The molecule has 162 valence electrons. The summed E-state index contributed by atoms with van der Waals surface area (Å²) in [5.41, 5.74) is 1.83. The first-order chi connectivity index (χ1) is 14.9. The normalized spacial score (nSPS) is 18.4. The maximum Gasteiger partial charge on any atom is 0.407 e. The minimum atomic E-state index is -0.503. The van der Waals surface area contributed by atoms with Crippen LogP contribution in [0.5, 0.6) is 0 Å². The maximum atomic E-state index is 12.2. The number of pyridine rings is 1. The van der Waals surface area contributed by atoms with Gasteiger partial charge in [0.1, 0.15) is 16.2 Å². The number of amides is 1. The van der Waals surface area contributed by atoms with Crippen LogP contribution >= 0.6 is 11.3 Å². The Bertz CT molecular complexity index is 1120. The molecule has 5 rings (SSSR count). The fourth-order valence-electron chi connectivity index (χ4n) is 4.37. The van der Waals surface area contributed by atoms with Gasteiger partial charge in [-0.05, 0) is 64.2 Å². The SMILES string of the molecule is CC(C)(C)OC(=O)NC1CCN(c2nc(-c3cccnc3)nc3sc4c(c23)CCC4)C1. The Morgan fingerprint density at radius 1 is 1.29 bits per heavy atom. The lowest BCUT2D eigenvalue weighted by Gasteiger charge is -2.22. The molecule has 0 radical (unpaired) electrons. The van der Waals surface area contributed by atoms with E-state index in [2.05, 4.69) is 15.2 Å². The Balaban J connectivity index is 1.47. The van der Waals surface area contributed by atoms with Gasteiger partial charge in [-0.15, -0.1) is 11.3 Å². The minimum absolute atomic E-state index is 0.0355. The van der Waals surface area contributed by atoms with Crippen molar-refractivity contribution in [2.45, 2.75) is 58.1 Å². The number of aryl methyl sites for hydroxylation is 2. The summed E-state index contributed by atoms with van der Waals surface area (Å²) in [5.74, 6) is 1.69. The predicted octanol–water partition coefficient (Wildman–Crippen LogP) is 4.35. The largest absolute Gasteiger partial charge is 0.444 e. The molecule has 1 atom stereocenters. The summed E-state index contributed by atoms with van der Waals surface area (Å²) in [6, 6.07) is 3.94. The molecule has 7 nitrogen and oxygen atoms in total. The first kappa shape index (κ1) is 20.2. The van der Waals surface area contributed by atoms with Crippen LogP contribution in [0.4, 0.5) is 10.6 Å². The summed E-state index contributed by atoms with van der Waals surface area (Å²) in [5, 5.41) is 4.22. The molecule has 3 aromatic heterocycles. The van der Waals surface area contributed by atoms with Crippen molar-refractivity contribution in [2.24, 2.45) is 0 Å². The van der Waals surface area contributed by atoms with Crippen molar-refractivity contribution < 1.29 is 9.53 Å². The zero-order chi connectivity index (χ0) is 21.6. The van der Waals surface area contributed by atoms with Gasteiger partial charge in [0.25, 0.3) is 0 Å². The van der Waals surface area contributed by atoms with Gasteiger partial charge in [-0.1, -0.05) is 0 Å². The van der Waals surface area contributed by atoms with E-state index in [9.17, 15) is 4.79 Å². The van der Waals surface area contributed by atoms with Gasteiger partial charge in [-0.25, -0.2) is 14.8 Å². The zero-order valence-electron chi connectivity index (χ0n) is 18.1. The molecular weight excluding hydrogens is 410 g/mol. The van der Waals surface area contributed by atoms with Crippen LogP contribution in [-0.2, 0) is 17.6 Å². The third kappa shape index (κ3) is 4.08. The topological polar surface area (TPSA) is 80.2 Å². The number of alkyl carbamates (subject to hydrolysis) is 1. The molecule has 1 amide bonds. The van der Waals surface area contributed by atoms with Crippen LogP contribution in [0, 0.1) is 0 Å². The summed E-state index contributed by atoms with van der Waals surface area (Å²) in [6.07, 6.45) is 7.48. The second-order valence-corrected chi connectivity index (χ2v) is 10.3. The van der Waals surface area contributed by atoms with E-state index < -0.39 is 5.60 Å². The maximum absolute atomic E-state index is 12.2. The van der Waals surface area contributed by atoms with E-state index in [-0.39, 0.29) is 12.1 Å². The molecule has 1 aliphatic heterocycles. The van der Waals surface area contributed by atoms with E-state index in [1.807, 2.05) is 39.1 Å². The third-order valence-corrected chi connectivity index (χ3v) is 6.86. The molecule has 1 N–H and O–H groups in total. The van der Waals surface area contributed by atoms with Crippen LogP contribution in [-0.4, -0.2) is 45.8 Å². The van der Waals surface area contributed by atoms with Crippen LogP contribution in [0.15, 0.2) is 24.5 Å². The number of ether oxygens (including phenoxy) is 1. The van der Waals surface area contributed by atoms with E-state index >= 15 is 0 Å². The van der Waals surface area contributed by atoms with Crippen LogP contribution in [0.3, 0.4) is 0 Å². The molecule has 0 bridgehead atoms. The number of thiophene rings is 1. The molecule has 0 spiro atoms. The van der Waals surface area contributed by atoms with Crippen LogP contribution in [0.25, 0.3) is 21.6 Å². The second-order valence-electron chi connectivity index (χ2n) is 9.23. The lowest BCUT2D eigenvalue weighted by Crippen LogP contribution is -2.40. The van der Waals surface area contributed by atoms with E-state index in [4.69, 9.17) is 14.7 Å². The predicted molar refractivity (Wildman–Crippen MR) is 123 cm³/mol. The highest BCUT2D eigenvalue weighted by molar-refractivity contribution is 7.19. The summed E-state index contributed by atoms with van der Waals surface area (Å²) in [7, 11) is 0. The number of rotatable bonds is 3. The van der Waals surface area contributed by atoms with Crippen molar-refractivity contribution in [1.82, 2.24) is 20.3 Å². The summed E-state index contributed by atoms with van der Waals surface area (Å²) < 4.78 is 5.44. The lowest BCUT2D eigenvalue weighted by molar-refractivity contribution is 0.0509. The standard InChI is InChI=1S/C23H27N5O2S/c1-23(2,3)30-22(29)25-15-9-11-28(13-15)20-18-16-7-4-8-17(16)31-21(18)27-19(26-20)14-6-5-10-24-12-14/h5-6,10,12,15H,4,7-9,11,13H2,1-3H3,(H,25,29). The van der Waals surface area contributed by atoms with E-state index in [0.717, 1.165) is 42.0 Å². The van der Waals surface area contributed by atoms with Gasteiger partial charge in [-0.3, -0.25) is 4.98 Å². The van der Waals surface area contributed by atoms with Crippen molar-refractivity contribution in [3.63, 3.8) is 0 Å². The van der Waals surface area contributed by atoms with Gasteiger partial charge in [0, 0.05) is 35.9 Å². The molecule has 31 heavy (non-hydrogen) atoms. The van der Waals surface area contributed by atoms with Crippen LogP contribution in [0.1, 0.15) is 44.1 Å². The van der Waals surface area contributed by atoms with Crippen molar-refractivity contribution in [1.29, 1.82) is 0 Å². The van der Waals surface area contributed by atoms with Gasteiger partial charge in [-0.2, -0.15) is 0 Å². The molecule has 1 unspecified atom stereocenters. The molecule has 1 aliphatic carbocycles. The summed E-state index contributed by atoms with van der Waals surface area (Å²) in [6.45, 7) is 7.18. The number of carbonyl (C=O) groups excluding carboxylic acids is 1. The van der Waals surface area contributed by atoms with Gasteiger partial charge >= 0.3 is 6.09 Å². The van der Waals surface area contributed by atoms with E-state index in [1.54, 1.807) is 17.5 Å². The highest BCUT2D eigenvalue weighted by atomic mass is 32.1. The molecule has 0 aromatic carbocycles. The second kappa shape index (κ2) is 7.75. The minimum Gasteiger partial charge on any atom is -0.444 e. The first-order valence-corrected chi connectivity index (χ1v) is 11.7. The monoisotopic (exact) mass is 437 g/mol. The number of aromatic nitrogens is 3. The average Bonchev–Trinajstić information content (AvgIpc) is 3.42. The molecule has 8 heteroatoms. The number of hydrogen-bond acceptors (Lipinski definition) is 7. The number of nitrogens with zero attached hydrogens (tertiary/aromatic N) is 4. The number of nitrogens with one attached hydrogen (secondary N) is 1. The van der Waals surface area contributed by atoms with Gasteiger partial charge in [0.05, 0.1) is 11.4 Å². The van der Waals surface area contributed by atoms with Gasteiger partial charge in [0.15, 0.2) is 5.82 Å². The Labute approximate surface area is 185 Å². The fourth-order valence-corrected chi connectivity index (χ4v) is 5.63. The van der Waals surface area contributed by atoms with Crippen molar-refractivity contribution >= 4 is 33.5 Å². The molecule has 2 aliphatic rings. The van der Waals surface area contributed by atoms with E-state index in [1.165, 1.54) is 22.2 Å². The van der Waals surface area contributed by atoms with Crippen molar-refractivity contribution in [3.05, 3.63) is 35.0 Å². The zero-order valence-corrected chi connectivity index (χ0v) is 19.0. The average molecular weight is 438 g/mol. The summed E-state index contributed by atoms with van der Waals surface area (Å²) in [4.78, 5) is 31.2. The third-order valence-electron chi connectivity index (χ3n) is 5.67. The highest BCUT2D eigenvalue weighted by Gasteiger charge is 2.31. The van der Waals surface area contributed by atoms with E-state index in [0.29, 0.717) is 12.4 Å². The molecular formula is C23H27N5O2S. The Kier molecular flexibility index (Phi) is 5.04. The smallest absolute Gasteiger partial charge is 0.407 e. The fraction of sp³-hybridized carbons (Fsp3) is 0.478. The number of hydrogen-bond donors (Lipinski definition) is 1. The molecule has 3 aromatic rings. The summed E-state index contributed by atoms with van der Waals surface area (Å²) >= 11 is 1.80. The Morgan fingerprint density at radius 2 is 2.16 bits per heavy atom. The van der Waals surface area contributed by atoms with Crippen molar-refractivity contribution in [3.8, 4) is 11.4 Å². The molecule has 0 saturated carbocycles. The number of carbonyl (C=O) groups is 1. The first-order valence-electron chi connectivity index (χ1n) is 10.8. The Morgan fingerprint density at radius 3 is 2.94 bits per heavy atom. The molecule has 4 heterocycles. The number of fused-ring (bicyclic) bond motifs is 3. The lowest BCUT2D eigenvalue weighted by atomic mass is 10.1. The van der Waals surface area contributed by atoms with Crippen LogP contribution in [0.2, 0.25) is 0 Å². The Hall–Kier alpha value is -2.74.